The first-order valence-electron chi connectivity index (χ1n) is 10.8. The average molecular weight is 396 g/mol. The van der Waals surface area contributed by atoms with Crippen LogP contribution in [-0.4, -0.2) is 47.3 Å². The van der Waals surface area contributed by atoms with Gasteiger partial charge in [-0.2, -0.15) is 0 Å². The molecule has 3 aliphatic heterocycles. The van der Waals surface area contributed by atoms with Crippen LogP contribution in [0.5, 0.6) is 0 Å². The molecule has 1 aromatic rings. The molecule has 2 bridgehead atoms. The number of benzene rings is 1. The minimum absolute atomic E-state index is 0.0913. The maximum Gasteiger partial charge on any atom is 0.255 e. The van der Waals surface area contributed by atoms with E-state index in [0.717, 1.165) is 29.2 Å². The van der Waals surface area contributed by atoms with Crippen LogP contribution < -0.4 is 16.0 Å². The molecule has 3 heterocycles. The molecule has 0 aromatic heterocycles. The number of hydrogen-bond donors (Lipinski definition) is 3. The summed E-state index contributed by atoms with van der Waals surface area (Å²) < 4.78 is 0. The Labute approximate surface area is 170 Å². The van der Waals surface area contributed by atoms with Gasteiger partial charge in [0.25, 0.3) is 5.91 Å². The van der Waals surface area contributed by atoms with Gasteiger partial charge >= 0.3 is 0 Å². The number of hydrogen-bond acceptors (Lipinski definition) is 5. The van der Waals surface area contributed by atoms with Crippen LogP contribution in [0.25, 0.3) is 0 Å². The fraction of sp³-hybridized carbons (Fsp3) is 0.591. The third kappa shape index (κ3) is 3.46. The van der Waals surface area contributed by atoms with Gasteiger partial charge in [0.05, 0.1) is 0 Å². The quantitative estimate of drug-likeness (QED) is 0.663. The SMILES string of the molecule is O=C1CCC(N2Cc3cccc(CNC4CCC5CCNC4C5)c3C2=O)C(=O)N1. The molecule has 1 aliphatic carbocycles. The van der Waals surface area contributed by atoms with E-state index in [-0.39, 0.29) is 24.1 Å². The van der Waals surface area contributed by atoms with E-state index in [1.54, 1.807) is 4.90 Å². The molecular formula is C22H28N4O3. The molecule has 3 fully saturated rings. The summed E-state index contributed by atoms with van der Waals surface area (Å²) >= 11 is 0. The summed E-state index contributed by atoms with van der Waals surface area (Å²) in [7, 11) is 0. The van der Waals surface area contributed by atoms with Crippen molar-refractivity contribution in [3.8, 4) is 0 Å². The Hall–Kier alpha value is -2.25. The Morgan fingerprint density at radius 1 is 1.10 bits per heavy atom. The van der Waals surface area contributed by atoms with E-state index in [1.807, 2.05) is 18.2 Å². The fourth-order valence-corrected chi connectivity index (χ4v) is 5.54. The van der Waals surface area contributed by atoms with Crippen molar-refractivity contribution in [1.29, 1.82) is 0 Å². The first kappa shape index (κ1) is 18.8. The summed E-state index contributed by atoms with van der Waals surface area (Å²) in [6.07, 6.45) is 5.67. The normalized spacial score (nSPS) is 31.6. The van der Waals surface area contributed by atoms with E-state index in [0.29, 0.717) is 31.6 Å². The van der Waals surface area contributed by atoms with Crippen molar-refractivity contribution in [2.75, 3.05) is 6.54 Å². The third-order valence-corrected chi connectivity index (χ3v) is 7.11. The highest BCUT2D eigenvalue weighted by Gasteiger charge is 2.40. The van der Waals surface area contributed by atoms with Gasteiger partial charge in [0.2, 0.25) is 11.8 Å². The van der Waals surface area contributed by atoms with Gasteiger partial charge in [-0.05, 0) is 55.7 Å². The highest BCUT2D eigenvalue weighted by atomic mass is 16.2. The standard InChI is InChI=1S/C22H28N4O3/c27-19-7-6-18(21(28)25-19)26-12-15-3-1-2-14(20(15)22(26)29)11-24-16-5-4-13-8-9-23-17(16)10-13/h1-3,13,16-18,23-24H,4-12H2,(H,25,27,28). The molecule has 4 atom stereocenters. The van der Waals surface area contributed by atoms with Crippen molar-refractivity contribution in [2.24, 2.45) is 5.92 Å². The highest BCUT2D eigenvalue weighted by Crippen LogP contribution is 2.32. The lowest BCUT2D eigenvalue weighted by molar-refractivity contribution is -0.136. The lowest BCUT2D eigenvalue weighted by Crippen LogP contribution is -2.54. The van der Waals surface area contributed by atoms with Gasteiger partial charge in [-0.25, -0.2) is 0 Å². The predicted octanol–water partition coefficient (Wildman–Crippen LogP) is 1.07. The zero-order valence-corrected chi connectivity index (χ0v) is 16.6. The number of rotatable bonds is 4. The second kappa shape index (κ2) is 7.54. The molecular weight excluding hydrogens is 368 g/mol. The van der Waals surface area contributed by atoms with Gasteiger partial charge in [0, 0.05) is 37.2 Å². The number of nitrogens with one attached hydrogen (secondary N) is 3. The van der Waals surface area contributed by atoms with Gasteiger partial charge in [0.1, 0.15) is 6.04 Å². The topological polar surface area (TPSA) is 90.5 Å². The van der Waals surface area contributed by atoms with Crippen molar-refractivity contribution in [3.05, 3.63) is 34.9 Å². The zero-order valence-electron chi connectivity index (χ0n) is 16.6. The second-order valence-corrected chi connectivity index (χ2v) is 8.87. The molecule has 1 aromatic carbocycles. The van der Waals surface area contributed by atoms with E-state index in [1.165, 1.54) is 25.7 Å². The van der Waals surface area contributed by atoms with Crippen molar-refractivity contribution >= 4 is 17.7 Å². The van der Waals surface area contributed by atoms with E-state index in [2.05, 4.69) is 16.0 Å². The van der Waals surface area contributed by atoms with E-state index >= 15 is 0 Å². The second-order valence-electron chi connectivity index (χ2n) is 8.87. The molecule has 5 rings (SSSR count). The molecule has 1 saturated carbocycles. The van der Waals surface area contributed by atoms with Crippen LogP contribution in [-0.2, 0) is 22.7 Å². The van der Waals surface area contributed by atoms with Gasteiger partial charge in [-0.1, -0.05) is 18.2 Å². The molecule has 2 saturated heterocycles. The van der Waals surface area contributed by atoms with Gasteiger partial charge in [-0.3, -0.25) is 19.7 Å². The lowest BCUT2D eigenvalue weighted by Gasteiger charge is -2.41. The monoisotopic (exact) mass is 396 g/mol. The minimum atomic E-state index is -0.560. The van der Waals surface area contributed by atoms with Crippen LogP contribution in [0, 0.1) is 5.92 Å². The van der Waals surface area contributed by atoms with Gasteiger partial charge < -0.3 is 15.5 Å². The molecule has 3 amide bonds. The Bertz CT molecular complexity index is 854. The van der Waals surface area contributed by atoms with Gasteiger partial charge in [0.15, 0.2) is 0 Å². The van der Waals surface area contributed by atoms with Crippen LogP contribution in [0.3, 0.4) is 0 Å². The van der Waals surface area contributed by atoms with E-state index < -0.39 is 6.04 Å². The number of piperidine rings is 2. The summed E-state index contributed by atoms with van der Waals surface area (Å²) in [5.41, 5.74) is 2.70. The number of imide groups is 1. The number of carbonyl (C=O) groups is 3. The average Bonchev–Trinajstić information content (AvgIpc) is 3.05. The summed E-state index contributed by atoms with van der Waals surface area (Å²) in [4.78, 5) is 38.5. The predicted molar refractivity (Wildman–Crippen MR) is 107 cm³/mol. The number of amides is 3. The number of fused-ring (bicyclic) bond motifs is 3. The molecule has 29 heavy (non-hydrogen) atoms. The summed E-state index contributed by atoms with van der Waals surface area (Å²) in [6.45, 7) is 2.20. The molecule has 3 N–H and O–H groups in total. The summed E-state index contributed by atoms with van der Waals surface area (Å²) in [6, 6.07) is 6.37. The third-order valence-electron chi connectivity index (χ3n) is 7.11. The Kier molecular flexibility index (Phi) is 4.87. The van der Waals surface area contributed by atoms with Crippen molar-refractivity contribution in [3.63, 3.8) is 0 Å². The molecule has 0 radical (unpaired) electrons. The van der Waals surface area contributed by atoms with E-state index in [9.17, 15) is 14.4 Å². The van der Waals surface area contributed by atoms with Crippen LogP contribution >= 0.6 is 0 Å². The Morgan fingerprint density at radius 3 is 2.86 bits per heavy atom. The van der Waals surface area contributed by atoms with Crippen LogP contribution in [0.15, 0.2) is 18.2 Å². The molecule has 7 heteroatoms. The first-order chi connectivity index (χ1) is 14.1. The largest absolute Gasteiger partial charge is 0.322 e. The van der Waals surface area contributed by atoms with Crippen molar-refractivity contribution < 1.29 is 14.4 Å². The Morgan fingerprint density at radius 2 is 2.00 bits per heavy atom. The molecule has 7 nitrogen and oxygen atoms in total. The Balaban J connectivity index is 1.30. The molecule has 0 spiro atoms. The van der Waals surface area contributed by atoms with Crippen LogP contribution in [0.2, 0.25) is 0 Å². The molecule has 4 aliphatic rings. The number of carbonyl (C=O) groups excluding carboxylic acids is 3. The molecule has 154 valence electrons. The fourth-order valence-electron chi connectivity index (χ4n) is 5.54. The smallest absolute Gasteiger partial charge is 0.255 e. The lowest BCUT2D eigenvalue weighted by atomic mass is 9.78. The zero-order chi connectivity index (χ0) is 20.0. The number of nitrogens with zero attached hydrogens (tertiary/aromatic N) is 1. The summed E-state index contributed by atoms with van der Waals surface area (Å²) in [5, 5.41) is 9.71. The maximum atomic E-state index is 13.2. The molecule has 4 unspecified atom stereocenters. The minimum Gasteiger partial charge on any atom is -0.322 e. The van der Waals surface area contributed by atoms with Crippen molar-refractivity contribution in [1.82, 2.24) is 20.9 Å². The highest BCUT2D eigenvalue weighted by molar-refractivity contribution is 6.05. The van der Waals surface area contributed by atoms with Crippen LogP contribution in [0.1, 0.15) is 60.0 Å². The van der Waals surface area contributed by atoms with Crippen LogP contribution in [0.4, 0.5) is 0 Å². The van der Waals surface area contributed by atoms with Crippen molar-refractivity contribution in [2.45, 2.75) is 69.7 Å². The van der Waals surface area contributed by atoms with E-state index in [4.69, 9.17) is 0 Å². The summed E-state index contributed by atoms with van der Waals surface area (Å²) in [5.74, 6) is 0.156. The first-order valence-corrected chi connectivity index (χ1v) is 10.8. The van der Waals surface area contributed by atoms with Gasteiger partial charge in [-0.15, -0.1) is 0 Å². The maximum absolute atomic E-state index is 13.2.